The zero-order chi connectivity index (χ0) is 18.6. The number of rotatable bonds is 5. The molecule has 0 bridgehead atoms. The van der Waals surface area contributed by atoms with Gasteiger partial charge in [-0.05, 0) is 23.8 Å². The number of carbonyl (C=O) groups excluding carboxylic acids is 2. The highest BCUT2D eigenvalue weighted by molar-refractivity contribution is 5.99. The second-order valence-electron chi connectivity index (χ2n) is 6.66. The molecule has 1 atom stereocenters. The van der Waals surface area contributed by atoms with E-state index in [1.807, 2.05) is 60.7 Å². The maximum Gasteiger partial charge on any atom is 0.229 e. The summed E-state index contributed by atoms with van der Waals surface area (Å²) in [6.45, 7) is 0.801. The Hall–Kier alpha value is -3.34. The summed E-state index contributed by atoms with van der Waals surface area (Å²) < 4.78 is 5.31. The summed E-state index contributed by atoms with van der Waals surface area (Å²) in [6, 6.07) is 21.2. The van der Waals surface area contributed by atoms with Crippen LogP contribution >= 0.6 is 0 Å². The standard InChI is InChI=1S/C22H20N2O3/c25-21-13-17(14-24(21)15-18-9-6-12-27-18)22(26)23-20-11-5-4-10-19(20)16-7-2-1-3-8-16/h1-12,17H,13-15H2,(H,23,26). The van der Waals surface area contributed by atoms with E-state index in [4.69, 9.17) is 4.42 Å². The Morgan fingerprint density at radius 3 is 2.59 bits per heavy atom. The number of likely N-dealkylation sites (tertiary alicyclic amines) is 1. The molecule has 1 aliphatic heterocycles. The molecule has 136 valence electrons. The molecule has 1 unspecified atom stereocenters. The van der Waals surface area contributed by atoms with Crippen LogP contribution in [0.15, 0.2) is 77.4 Å². The van der Waals surface area contributed by atoms with Crippen LogP contribution in [0.5, 0.6) is 0 Å². The van der Waals surface area contributed by atoms with Gasteiger partial charge in [-0.15, -0.1) is 0 Å². The highest BCUT2D eigenvalue weighted by Crippen LogP contribution is 2.29. The number of para-hydroxylation sites is 1. The number of hydrogen-bond donors (Lipinski definition) is 1. The van der Waals surface area contributed by atoms with Crippen molar-refractivity contribution >= 4 is 17.5 Å². The van der Waals surface area contributed by atoms with Crippen LogP contribution in [0.1, 0.15) is 12.2 Å². The molecular formula is C22H20N2O3. The molecule has 1 aliphatic rings. The molecule has 5 nitrogen and oxygen atoms in total. The Bertz CT molecular complexity index is 935. The van der Waals surface area contributed by atoms with Crippen LogP contribution in [0.3, 0.4) is 0 Å². The molecule has 0 radical (unpaired) electrons. The highest BCUT2D eigenvalue weighted by Gasteiger charge is 2.34. The molecule has 2 aromatic carbocycles. The van der Waals surface area contributed by atoms with Gasteiger partial charge in [-0.25, -0.2) is 0 Å². The number of nitrogens with zero attached hydrogens (tertiary/aromatic N) is 1. The second-order valence-corrected chi connectivity index (χ2v) is 6.66. The van der Waals surface area contributed by atoms with Crippen molar-refractivity contribution in [3.8, 4) is 11.1 Å². The molecule has 3 aromatic rings. The third-order valence-corrected chi connectivity index (χ3v) is 4.78. The van der Waals surface area contributed by atoms with Crippen molar-refractivity contribution in [1.29, 1.82) is 0 Å². The first-order valence-corrected chi connectivity index (χ1v) is 8.96. The number of hydrogen-bond acceptors (Lipinski definition) is 3. The van der Waals surface area contributed by atoms with Gasteiger partial charge in [0.15, 0.2) is 0 Å². The van der Waals surface area contributed by atoms with Gasteiger partial charge in [0.05, 0.1) is 18.7 Å². The lowest BCUT2D eigenvalue weighted by atomic mass is 10.0. The maximum atomic E-state index is 12.8. The lowest BCUT2D eigenvalue weighted by Crippen LogP contribution is -2.28. The lowest BCUT2D eigenvalue weighted by Gasteiger charge is -2.16. The second kappa shape index (κ2) is 7.50. The quantitative estimate of drug-likeness (QED) is 0.750. The number of anilines is 1. The van der Waals surface area contributed by atoms with Crippen LogP contribution < -0.4 is 5.32 Å². The van der Waals surface area contributed by atoms with Crippen LogP contribution in [-0.2, 0) is 16.1 Å². The molecule has 2 amide bonds. The lowest BCUT2D eigenvalue weighted by molar-refractivity contribution is -0.128. The first-order chi connectivity index (χ1) is 13.2. The summed E-state index contributed by atoms with van der Waals surface area (Å²) in [5.74, 6) is 0.201. The zero-order valence-corrected chi connectivity index (χ0v) is 14.8. The minimum absolute atomic E-state index is 0.0251. The number of benzene rings is 2. The summed E-state index contributed by atoms with van der Waals surface area (Å²) in [7, 11) is 0. The molecular weight excluding hydrogens is 340 g/mol. The molecule has 5 heteroatoms. The Morgan fingerprint density at radius 1 is 1.04 bits per heavy atom. The van der Waals surface area contributed by atoms with E-state index in [-0.39, 0.29) is 24.2 Å². The maximum absolute atomic E-state index is 12.8. The molecule has 0 aliphatic carbocycles. The van der Waals surface area contributed by atoms with Gasteiger partial charge in [-0.1, -0.05) is 48.5 Å². The van der Waals surface area contributed by atoms with Crippen LogP contribution in [0, 0.1) is 5.92 Å². The first-order valence-electron chi connectivity index (χ1n) is 8.96. The fourth-order valence-corrected chi connectivity index (χ4v) is 3.39. The fraction of sp³-hybridized carbons (Fsp3) is 0.182. The minimum Gasteiger partial charge on any atom is -0.467 e. The van der Waals surface area contributed by atoms with Gasteiger partial charge in [-0.2, -0.15) is 0 Å². The largest absolute Gasteiger partial charge is 0.467 e. The van der Waals surface area contributed by atoms with Gasteiger partial charge < -0.3 is 14.6 Å². The van der Waals surface area contributed by atoms with Crippen LogP contribution in [0.25, 0.3) is 11.1 Å². The van der Waals surface area contributed by atoms with E-state index in [0.29, 0.717) is 13.1 Å². The number of nitrogens with one attached hydrogen (secondary N) is 1. The van der Waals surface area contributed by atoms with Crippen molar-refractivity contribution in [2.75, 3.05) is 11.9 Å². The van der Waals surface area contributed by atoms with E-state index in [9.17, 15) is 9.59 Å². The van der Waals surface area contributed by atoms with Crippen molar-refractivity contribution in [3.63, 3.8) is 0 Å². The van der Waals surface area contributed by atoms with Gasteiger partial charge in [0.2, 0.25) is 11.8 Å². The number of amides is 2. The van der Waals surface area contributed by atoms with Gasteiger partial charge in [0, 0.05) is 24.2 Å². The number of carbonyl (C=O) groups is 2. The molecule has 0 spiro atoms. The molecule has 2 heterocycles. The van der Waals surface area contributed by atoms with E-state index < -0.39 is 0 Å². The van der Waals surface area contributed by atoms with Crippen molar-refractivity contribution in [2.24, 2.45) is 5.92 Å². The third-order valence-electron chi connectivity index (χ3n) is 4.78. The van der Waals surface area contributed by atoms with Gasteiger partial charge >= 0.3 is 0 Å². The van der Waals surface area contributed by atoms with Crippen LogP contribution in [-0.4, -0.2) is 23.3 Å². The van der Waals surface area contributed by atoms with Gasteiger partial charge in [0.25, 0.3) is 0 Å². The number of furan rings is 1. The SMILES string of the molecule is O=C(Nc1ccccc1-c1ccccc1)C1CC(=O)N(Cc2ccco2)C1. The predicted octanol–water partition coefficient (Wildman–Crippen LogP) is 3.93. The summed E-state index contributed by atoms with van der Waals surface area (Å²) in [4.78, 5) is 26.7. The Labute approximate surface area is 157 Å². The average Bonchev–Trinajstić information content (AvgIpc) is 3.33. The van der Waals surface area contributed by atoms with E-state index >= 15 is 0 Å². The van der Waals surface area contributed by atoms with E-state index in [2.05, 4.69) is 5.32 Å². The van der Waals surface area contributed by atoms with Crippen LogP contribution in [0.4, 0.5) is 5.69 Å². The van der Waals surface area contributed by atoms with Crippen LogP contribution in [0.2, 0.25) is 0 Å². The summed E-state index contributed by atoms with van der Waals surface area (Å²) in [6.07, 6.45) is 1.81. The Kier molecular flexibility index (Phi) is 4.75. The average molecular weight is 360 g/mol. The predicted molar refractivity (Wildman–Crippen MR) is 103 cm³/mol. The van der Waals surface area contributed by atoms with E-state index in [1.165, 1.54) is 0 Å². The third kappa shape index (κ3) is 3.77. The molecule has 1 saturated heterocycles. The summed E-state index contributed by atoms with van der Waals surface area (Å²) >= 11 is 0. The first kappa shape index (κ1) is 17.1. The minimum atomic E-state index is -0.365. The topological polar surface area (TPSA) is 62.6 Å². The molecule has 1 fully saturated rings. The Morgan fingerprint density at radius 2 is 1.81 bits per heavy atom. The normalized spacial score (nSPS) is 16.5. The van der Waals surface area contributed by atoms with Gasteiger partial charge in [0.1, 0.15) is 5.76 Å². The summed E-state index contributed by atoms with van der Waals surface area (Å²) in [5, 5.41) is 3.01. The molecule has 1 aromatic heterocycles. The Balaban J connectivity index is 1.47. The molecule has 0 saturated carbocycles. The van der Waals surface area contributed by atoms with Crippen molar-refractivity contribution in [2.45, 2.75) is 13.0 Å². The smallest absolute Gasteiger partial charge is 0.229 e. The van der Waals surface area contributed by atoms with E-state index in [0.717, 1.165) is 22.6 Å². The molecule has 1 N–H and O–H groups in total. The van der Waals surface area contributed by atoms with Crippen molar-refractivity contribution in [1.82, 2.24) is 4.90 Å². The summed E-state index contributed by atoms with van der Waals surface area (Å²) in [5.41, 5.74) is 2.75. The monoisotopic (exact) mass is 360 g/mol. The zero-order valence-electron chi connectivity index (χ0n) is 14.8. The molecule has 27 heavy (non-hydrogen) atoms. The van der Waals surface area contributed by atoms with E-state index in [1.54, 1.807) is 17.2 Å². The van der Waals surface area contributed by atoms with Gasteiger partial charge in [-0.3, -0.25) is 9.59 Å². The highest BCUT2D eigenvalue weighted by atomic mass is 16.3. The van der Waals surface area contributed by atoms with Crippen molar-refractivity contribution in [3.05, 3.63) is 78.8 Å². The molecule has 4 rings (SSSR count). The fourth-order valence-electron chi connectivity index (χ4n) is 3.39. The van der Waals surface area contributed by atoms with Crippen molar-refractivity contribution < 1.29 is 14.0 Å².